The monoisotopic (exact) mass is 437 g/mol. The van der Waals surface area contributed by atoms with E-state index < -0.39 is 0 Å². The Morgan fingerprint density at radius 1 is 1.58 bits per heavy atom. The Morgan fingerprint density at radius 3 is 3.11 bits per heavy atom. The van der Waals surface area contributed by atoms with Gasteiger partial charge in [-0.2, -0.15) is 0 Å². The molecule has 1 aromatic carbocycles. The normalized spacial score (nSPS) is 19.5. The van der Waals surface area contributed by atoms with Crippen molar-refractivity contribution in [1.82, 2.24) is 4.90 Å². The van der Waals surface area contributed by atoms with Crippen LogP contribution in [0.5, 0.6) is 0 Å². The van der Waals surface area contributed by atoms with Crippen molar-refractivity contribution in [2.24, 2.45) is 5.92 Å². The highest BCUT2D eigenvalue weighted by Gasteiger charge is 2.25. The first-order chi connectivity index (χ1) is 9.11. The van der Waals surface area contributed by atoms with Crippen LogP contribution in [0.25, 0.3) is 0 Å². The van der Waals surface area contributed by atoms with Crippen LogP contribution in [-0.2, 0) is 4.74 Å². The summed E-state index contributed by atoms with van der Waals surface area (Å²) in [7, 11) is 1.72. The molecule has 1 amide bonds. The van der Waals surface area contributed by atoms with Crippen molar-refractivity contribution in [2.45, 2.75) is 12.8 Å². The molecule has 1 atom stereocenters. The summed E-state index contributed by atoms with van der Waals surface area (Å²) < 4.78 is 7.16. The second-order valence-corrected chi connectivity index (χ2v) is 6.94. The van der Waals surface area contributed by atoms with Crippen LogP contribution >= 0.6 is 38.5 Å². The molecule has 2 rings (SSSR count). The number of carbonyl (C=O) groups excluding carboxylic acids is 1. The van der Waals surface area contributed by atoms with E-state index in [1.807, 2.05) is 23.1 Å². The molecule has 0 bridgehead atoms. The average Bonchev–Trinajstić information content (AvgIpc) is 2.41. The Labute approximate surface area is 136 Å². The first-order valence-corrected chi connectivity index (χ1v) is 8.22. The van der Waals surface area contributed by atoms with E-state index in [2.05, 4.69) is 38.5 Å². The van der Waals surface area contributed by atoms with E-state index in [9.17, 15) is 4.79 Å². The zero-order chi connectivity index (χ0) is 13.8. The number of piperidine rings is 1. The Hall–Kier alpha value is -0.140. The largest absolute Gasteiger partial charge is 0.384 e. The molecule has 1 aliphatic rings. The fourth-order valence-electron chi connectivity index (χ4n) is 2.45. The molecule has 5 heteroatoms. The third kappa shape index (κ3) is 3.92. The van der Waals surface area contributed by atoms with E-state index >= 15 is 0 Å². The number of hydrogen-bond acceptors (Lipinski definition) is 2. The average molecular weight is 438 g/mol. The van der Waals surface area contributed by atoms with Crippen molar-refractivity contribution >= 4 is 44.4 Å². The molecule has 104 valence electrons. The van der Waals surface area contributed by atoms with E-state index in [1.54, 1.807) is 7.11 Å². The van der Waals surface area contributed by atoms with Crippen LogP contribution in [0.1, 0.15) is 23.2 Å². The van der Waals surface area contributed by atoms with Crippen molar-refractivity contribution in [2.75, 3.05) is 26.8 Å². The maximum absolute atomic E-state index is 12.6. The minimum atomic E-state index is 0.117. The van der Waals surface area contributed by atoms with E-state index in [-0.39, 0.29) is 5.91 Å². The SMILES string of the molecule is COCC1CCCN(C(=O)c2cc(I)ccc2Br)C1. The summed E-state index contributed by atoms with van der Waals surface area (Å²) in [5, 5.41) is 0. The lowest BCUT2D eigenvalue weighted by Crippen LogP contribution is -2.41. The predicted molar refractivity (Wildman–Crippen MR) is 87.4 cm³/mol. The second-order valence-electron chi connectivity index (χ2n) is 4.84. The third-order valence-corrected chi connectivity index (χ3v) is 4.73. The van der Waals surface area contributed by atoms with Gasteiger partial charge in [-0.15, -0.1) is 0 Å². The standard InChI is InChI=1S/C14H17BrINO2/c1-19-9-10-3-2-6-17(8-10)14(18)12-7-11(16)4-5-13(12)15/h4-5,7,10H,2-3,6,8-9H2,1H3. The fourth-order valence-corrected chi connectivity index (χ4v) is 3.36. The minimum Gasteiger partial charge on any atom is -0.384 e. The molecule has 0 spiro atoms. The number of carbonyl (C=O) groups is 1. The molecule has 1 saturated heterocycles. The number of nitrogens with zero attached hydrogens (tertiary/aromatic N) is 1. The number of methoxy groups -OCH3 is 1. The highest BCUT2D eigenvalue weighted by molar-refractivity contribution is 14.1. The number of ether oxygens (including phenoxy) is 1. The molecule has 1 aromatic rings. The predicted octanol–water partition coefficient (Wildman–Crippen LogP) is 3.55. The quantitative estimate of drug-likeness (QED) is 0.676. The van der Waals surface area contributed by atoms with Crippen molar-refractivity contribution in [3.8, 4) is 0 Å². The number of rotatable bonds is 3. The van der Waals surface area contributed by atoms with Crippen LogP contribution in [0.2, 0.25) is 0 Å². The van der Waals surface area contributed by atoms with Gasteiger partial charge >= 0.3 is 0 Å². The van der Waals surface area contributed by atoms with Gasteiger partial charge in [0.2, 0.25) is 0 Å². The Kier molecular flexibility index (Phi) is 5.65. The van der Waals surface area contributed by atoms with Gasteiger partial charge in [-0.3, -0.25) is 4.79 Å². The molecule has 19 heavy (non-hydrogen) atoms. The number of benzene rings is 1. The Morgan fingerprint density at radius 2 is 2.37 bits per heavy atom. The number of likely N-dealkylation sites (tertiary alicyclic amines) is 1. The summed E-state index contributed by atoms with van der Waals surface area (Å²) >= 11 is 5.70. The topological polar surface area (TPSA) is 29.5 Å². The molecule has 0 aromatic heterocycles. The molecular formula is C14H17BrINO2. The maximum atomic E-state index is 12.6. The lowest BCUT2D eigenvalue weighted by Gasteiger charge is -2.32. The van der Waals surface area contributed by atoms with Crippen molar-refractivity contribution in [3.63, 3.8) is 0 Å². The maximum Gasteiger partial charge on any atom is 0.255 e. The molecule has 3 nitrogen and oxygen atoms in total. The van der Waals surface area contributed by atoms with Gasteiger partial charge in [-0.05, 0) is 75.5 Å². The van der Waals surface area contributed by atoms with Crippen molar-refractivity contribution < 1.29 is 9.53 Å². The zero-order valence-corrected chi connectivity index (χ0v) is 14.6. The molecular weight excluding hydrogens is 421 g/mol. The van der Waals surface area contributed by atoms with Gasteiger partial charge in [0.25, 0.3) is 5.91 Å². The van der Waals surface area contributed by atoms with Crippen LogP contribution in [0.4, 0.5) is 0 Å². The van der Waals surface area contributed by atoms with Crippen molar-refractivity contribution in [1.29, 1.82) is 0 Å². The van der Waals surface area contributed by atoms with Gasteiger partial charge in [-0.1, -0.05) is 0 Å². The first-order valence-electron chi connectivity index (χ1n) is 6.35. The number of hydrogen-bond donors (Lipinski definition) is 0. The van der Waals surface area contributed by atoms with E-state index in [0.29, 0.717) is 5.92 Å². The third-order valence-electron chi connectivity index (χ3n) is 3.37. The number of halogens is 2. The van der Waals surface area contributed by atoms with Gasteiger partial charge < -0.3 is 9.64 Å². The summed E-state index contributed by atoms with van der Waals surface area (Å²) in [4.78, 5) is 14.5. The van der Waals surface area contributed by atoms with Gasteiger partial charge in [0.05, 0.1) is 12.2 Å². The van der Waals surface area contributed by atoms with Crippen LogP contribution in [0.15, 0.2) is 22.7 Å². The highest BCUT2D eigenvalue weighted by Crippen LogP contribution is 2.24. The molecule has 1 unspecified atom stereocenters. The van der Waals surface area contributed by atoms with E-state index in [1.165, 1.54) is 0 Å². The molecule has 0 aliphatic carbocycles. The molecule has 0 saturated carbocycles. The Balaban J connectivity index is 2.12. The highest BCUT2D eigenvalue weighted by atomic mass is 127. The lowest BCUT2D eigenvalue weighted by molar-refractivity contribution is 0.0570. The molecule has 0 radical (unpaired) electrons. The second kappa shape index (κ2) is 7.04. The number of amides is 1. The molecule has 0 N–H and O–H groups in total. The summed E-state index contributed by atoms with van der Waals surface area (Å²) in [5.41, 5.74) is 0.755. The summed E-state index contributed by atoms with van der Waals surface area (Å²) in [5.74, 6) is 0.579. The zero-order valence-electron chi connectivity index (χ0n) is 10.9. The van der Waals surface area contributed by atoms with Crippen LogP contribution in [0.3, 0.4) is 0 Å². The fraction of sp³-hybridized carbons (Fsp3) is 0.500. The molecule has 1 heterocycles. The van der Waals surface area contributed by atoms with Gasteiger partial charge in [-0.25, -0.2) is 0 Å². The summed E-state index contributed by atoms with van der Waals surface area (Å²) in [6.07, 6.45) is 2.20. The van der Waals surface area contributed by atoms with Crippen molar-refractivity contribution in [3.05, 3.63) is 31.8 Å². The van der Waals surface area contributed by atoms with Crippen LogP contribution in [-0.4, -0.2) is 37.6 Å². The summed E-state index contributed by atoms with van der Waals surface area (Å²) in [6.45, 7) is 2.37. The summed E-state index contributed by atoms with van der Waals surface area (Å²) in [6, 6.07) is 5.86. The van der Waals surface area contributed by atoms with Crippen LogP contribution < -0.4 is 0 Å². The van der Waals surface area contributed by atoms with Crippen LogP contribution in [0, 0.1) is 9.49 Å². The van der Waals surface area contributed by atoms with Gasteiger partial charge in [0.15, 0.2) is 0 Å². The Bertz CT molecular complexity index is 465. The lowest BCUT2D eigenvalue weighted by atomic mass is 9.98. The smallest absolute Gasteiger partial charge is 0.255 e. The van der Waals surface area contributed by atoms with Gasteiger partial charge in [0, 0.05) is 28.2 Å². The minimum absolute atomic E-state index is 0.117. The first kappa shape index (κ1) is 15.3. The molecule has 1 fully saturated rings. The van der Waals surface area contributed by atoms with Gasteiger partial charge in [0.1, 0.15) is 0 Å². The van der Waals surface area contributed by atoms with E-state index in [0.717, 1.165) is 46.1 Å². The molecule has 1 aliphatic heterocycles. The van der Waals surface area contributed by atoms with E-state index in [4.69, 9.17) is 4.74 Å².